The van der Waals surface area contributed by atoms with Crippen LogP contribution in [0.1, 0.15) is 93.1 Å². The van der Waals surface area contributed by atoms with Gasteiger partial charge in [-0.15, -0.1) is 0 Å². The number of Topliss-reactive ketones (excluding diaryl/α,β-unsaturated/α-hetero) is 1. The van der Waals surface area contributed by atoms with Crippen molar-refractivity contribution in [3.8, 4) is 0 Å². The number of nitrogens with zero attached hydrogens (tertiary/aromatic N) is 1. The Bertz CT molecular complexity index is 3380. The molecule has 0 spiro atoms. The lowest BCUT2D eigenvalue weighted by Gasteiger charge is -2.67. The normalized spacial score (nSPS) is 23.7. The zero-order chi connectivity index (χ0) is 74.4. The summed E-state index contributed by atoms with van der Waals surface area (Å²) in [4.78, 5) is 103. The molecule has 2 saturated carbocycles. The van der Waals surface area contributed by atoms with Crippen LogP contribution in [-0.2, 0) is 95.0 Å². The second-order valence-corrected chi connectivity index (χ2v) is 28.3. The highest BCUT2D eigenvalue weighted by Crippen LogP contribution is 2.65. The first-order valence-electron chi connectivity index (χ1n) is 35.0. The maximum Gasteiger partial charge on any atom is 0.508 e. The van der Waals surface area contributed by atoms with Crippen LogP contribution in [0.25, 0.3) is 0 Å². The van der Waals surface area contributed by atoms with Gasteiger partial charge in [0, 0.05) is 48.6 Å². The summed E-state index contributed by atoms with van der Waals surface area (Å²) in [7, 11) is 3.34. The number of aromatic nitrogens is 1. The molecule has 4 aromatic rings. The molecule has 1 aromatic heterocycles. The van der Waals surface area contributed by atoms with Gasteiger partial charge in [-0.3, -0.25) is 19.2 Å². The third-order valence-corrected chi connectivity index (χ3v) is 21.0. The van der Waals surface area contributed by atoms with Gasteiger partial charge >= 0.3 is 30.0 Å². The Morgan fingerprint density at radius 2 is 1.14 bits per heavy atom. The molecule has 29 heteroatoms. The fourth-order valence-electron chi connectivity index (χ4n) is 13.7. The lowest BCUT2D eigenvalue weighted by Crippen LogP contribution is -2.81. The molecule has 104 heavy (non-hydrogen) atoms. The van der Waals surface area contributed by atoms with Crippen molar-refractivity contribution in [1.29, 1.82) is 0 Å². The zero-order valence-electron chi connectivity index (χ0n) is 59.8. The predicted octanol–water partition coefficient (Wildman–Crippen LogP) is 7.52. The summed E-state index contributed by atoms with van der Waals surface area (Å²) in [6, 6.07) is 28.9. The minimum Gasteiger partial charge on any atom is -0.463 e. The highest BCUT2D eigenvalue weighted by molar-refractivity contribution is 8.76. The van der Waals surface area contributed by atoms with Crippen LogP contribution >= 0.6 is 21.6 Å². The Kier molecular flexibility index (Phi) is 33.3. The van der Waals surface area contributed by atoms with E-state index in [0.717, 1.165) is 10.8 Å². The summed E-state index contributed by atoms with van der Waals surface area (Å²) in [5.74, 6) is -6.49. The topological polar surface area (TPSA) is 333 Å². The Morgan fingerprint density at radius 3 is 1.67 bits per heavy atom. The van der Waals surface area contributed by atoms with E-state index in [1.807, 2.05) is 18.2 Å². The molecule has 8 rings (SSSR count). The fraction of sp³-hybridized carbons (Fsp3) is 0.573. The number of nitrogens with one attached hydrogen (secondary N) is 1. The first kappa shape index (κ1) is 82.7. The Hall–Kier alpha value is -6.94. The Labute approximate surface area is 614 Å². The Morgan fingerprint density at radius 1 is 0.635 bits per heavy atom. The number of aliphatic hydroxyl groups excluding tert-OH is 1. The van der Waals surface area contributed by atoms with Crippen molar-refractivity contribution in [1.82, 2.24) is 10.3 Å². The summed E-state index contributed by atoms with van der Waals surface area (Å²) in [5, 5.41) is 29.8. The molecule has 2 heterocycles. The zero-order valence-corrected chi connectivity index (χ0v) is 61.4. The van der Waals surface area contributed by atoms with Crippen LogP contribution in [0.2, 0.25) is 0 Å². The lowest BCUT2D eigenvalue weighted by molar-refractivity contribution is -0.345. The summed E-state index contributed by atoms with van der Waals surface area (Å²) in [6.45, 7) is 14.9. The number of benzene rings is 3. The summed E-state index contributed by atoms with van der Waals surface area (Å²) in [5.41, 5.74) is -6.35. The minimum atomic E-state index is -2.35. The van der Waals surface area contributed by atoms with Crippen LogP contribution in [0.15, 0.2) is 132 Å². The number of carbonyl (C=O) groups is 7. The number of ketones is 1. The maximum atomic E-state index is 16.1. The second kappa shape index (κ2) is 41.8. The molecule has 1 aliphatic heterocycles. The molecule has 3 aliphatic carbocycles. The third kappa shape index (κ3) is 22.6. The summed E-state index contributed by atoms with van der Waals surface area (Å²) in [6.07, 6.45) is -8.03. The average Bonchev–Trinajstić information content (AvgIpc) is 0.669. The van der Waals surface area contributed by atoms with E-state index in [9.17, 15) is 39.0 Å². The van der Waals surface area contributed by atoms with Crippen molar-refractivity contribution in [2.45, 2.75) is 114 Å². The lowest BCUT2D eigenvalue weighted by atomic mass is 9.43. The van der Waals surface area contributed by atoms with Gasteiger partial charge in [0.15, 0.2) is 11.7 Å². The van der Waals surface area contributed by atoms with Gasteiger partial charge in [0.1, 0.15) is 54.0 Å². The molecule has 3 N–H and O–H groups in total. The first-order chi connectivity index (χ1) is 50.2. The third-order valence-electron chi connectivity index (χ3n) is 18.8. The molecule has 4 aliphatic rings. The monoisotopic (exact) mass is 1490 g/mol. The van der Waals surface area contributed by atoms with Gasteiger partial charge in [-0.25, -0.2) is 19.4 Å². The van der Waals surface area contributed by atoms with E-state index in [4.69, 9.17) is 75.8 Å². The molecular formula is C75H98N2O25S2. The van der Waals surface area contributed by atoms with Gasteiger partial charge in [0.05, 0.1) is 155 Å². The smallest absolute Gasteiger partial charge is 0.463 e. The Balaban J connectivity index is 0.751. The standard InChI is InChI=1S/C75H98N2O25S2/c1-51-57(99-70(84)64(80)63(54-18-10-7-11-19-54)77-68(82)55-20-12-8-13-21-55)49-75(86)67(101-69(83)56-22-14-9-15-23-56)65-73(6,66(81)52(2)62(51)72(75,4)5)58(48-59-74(65,50-98-59)102-53(3)78)100-71(85)97-45-43-94-42-44-96-61(79)25-27-87-28-29-88-30-31-89-32-33-90-34-35-91-36-37-92-38-39-93-40-41-95-46-47-103-104-60-24-16-17-26-76-60/h7-24,26,52,57-59,63-65,67,80,86H,25,27-50H2,1-6H3,(H,77,82)/t52-,57?,58+,59?,63+,64-,65+,67+,73-,74+,75-/m1/s1. The number of ether oxygens (including phenoxy) is 16. The van der Waals surface area contributed by atoms with E-state index in [-0.39, 0.29) is 75.8 Å². The van der Waals surface area contributed by atoms with Gasteiger partial charge in [0.25, 0.3) is 5.91 Å². The molecule has 27 nitrogen and oxygen atoms in total. The number of carbonyl (C=O) groups excluding carboxylic acids is 7. The molecular weight excluding hydrogens is 1390 g/mol. The molecule has 1 saturated heterocycles. The van der Waals surface area contributed by atoms with Gasteiger partial charge in [-0.1, -0.05) is 104 Å². The van der Waals surface area contributed by atoms with E-state index in [1.54, 1.807) is 134 Å². The van der Waals surface area contributed by atoms with Gasteiger partial charge in [0.2, 0.25) is 0 Å². The van der Waals surface area contributed by atoms with E-state index in [2.05, 4.69) is 10.3 Å². The molecule has 3 fully saturated rings. The van der Waals surface area contributed by atoms with Crippen molar-refractivity contribution in [2.75, 3.05) is 144 Å². The number of hydrogen-bond acceptors (Lipinski definition) is 28. The number of aliphatic hydroxyl groups is 2. The fourth-order valence-corrected chi connectivity index (χ4v) is 15.4. The van der Waals surface area contributed by atoms with Gasteiger partial charge in [-0.2, -0.15) is 0 Å². The van der Waals surface area contributed by atoms with Crippen LogP contribution in [0.4, 0.5) is 4.79 Å². The van der Waals surface area contributed by atoms with Crippen molar-refractivity contribution in [3.63, 3.8) is 0 Å². The second-order valence-electron chi connectivity index (χ2n) is 25.8. The highest BCUT2D eigenvalue weighted by atomic mass is 33.1. The van der Waals surface area contributed by atoms with Crippen LogP contribution in [0.5, 0.6) is 0 Å². The number of amides is 1. The van der Waals surface area contributed by atoms with Crippen LogP contribution in [0.3, 0.4) is 0 Å². The first-order valence-corrected chi connectivity index (χ1v) is 37.3. The molecule has 570 valence electrons. The number of esters is 4. The summed E-state index contributed by atoms with van der Waals surface area (Å²) < 4.78 is 91.9. The van der Waals surface area contributed by atoms with E-state index >= 15 is 4.79 Å². The van der Waals surface area contributed by atoms with Gasteiger partial charge in [-0.05, 0) is 77.7 Å². The number of fused-ring (bicyclic) bond motifs is 5. The SMILES string of the molecule is CC(=O)O[C@@]12COC1C[C@H](OC(=O)OCCOCCOC(=O)CCOCCOCCOCCOCCOCCOCCOCCOCCSSc1ccccn1)[C@@]1(C)C(=O)[C@H](C)C3=C(C)C(OC(=O)[C@H](O)[C@@H](NC(=O)c4ccccc4)c4ccccc4)C[C@@](O)([C@@H](OC(=O)c4ccccc4)[C@@H]12)C3(C)C. The number of hydrogen-bond donors (Lipinski definition) is 3. The van der Waals surface area contributed by atoms with Crippen molar-refractivity contribution < 1.29 is 120 Å². The molecule has 2 unspecified atom stereocenters. The molecule has 2 bridgehead atoms. The quantitative estimate of drug-likeness (QED) is 0.0127. The number of rotatable bonds is 45. The van der Waals surface area contributed by atoms with E-state index in [0.29, 0.717) is 104 Å². The van der Waals surface area contributed by atoms with Crippen molar-refractivity contribution >= 4 is 63.3 Å². The largest absolute Gasteiger partial charge is 0.508 e. The highest BCUT2D eigenvalue weighted by Gasteiger charge is 2.78. The molecule has 11 atom stereocenters. The molecule has 0 radical (unpaired) electrons. The minimum absolute atomic E-state index is 0.0193. The van der Waals surface area contributed by atoms with E-state index < -0.39 is 119 Å². The van der Waals surface area contributed by atoms with Gasteiger partial charge < -0.3 is 91.3 Å². The van der Waals surface area contributed by atoms with E-state index in [1.165, 1.54) is 26.0 Å². The van der Waals surface area contributed by atoms with Crippen molar-refractivity contribution in [3.05, 3.63) is 143 Å². The van der Waals surface area contributed by atoms with Crippen LogP contribution in [0, 0.1) is 22.7 Å². The molecule has 1 amide bonds. The van der Waals surface area contributed by atoms with Crippen LogP contribution in [-0.4, -0.2) is 243 Å². The molecule has 3 aromatic carbocycles. The maximum absolute atomic E-state index is 16.1. The number of pyridine rings is 1. The van der Waals surface area contributed by atoms with Crippen LogP contribution < -0.4 is 5.32 Å². The summed E-state index contributed by atoms with van der Waals surface area (Å²) >= 11 is 0. The van der Waals surface area contributed by atoms with Crippen molar-refractivity contribution in [2.24, 2.45) is 22.7 Å². The average molecular weight is 1490 g/mol. The predicted molar refractivity (Wildman–Crippen MR) is 377 cm³/mol.